The first-order valence-corrected chi connectivity index (χ1v) is 9.76. The van der Waals surface area contributed by atoms with Gasteiger partial charge in [0.05, 0.1) is 12.1 Å². The summed E-state index contributed by atoms with van der Waals surface area (Å²) in [5.41, 5.74) is 2.48. The quantitative estimate of drug-likeness (QED) is 0.724. The number of amides is 3. The molecule has 0 unspecified atom stereocenters. The van der Waals surface area contributed by atoms with E-state index in [0.29, 0.717) is 10.8 Å². The Morgan fingerprint density at radius 3 is 2.54 bits per heavy atom. The van der Waals surface area contributed by atoms with Crippen LogP contribution >= 0.6 is 11.3 Å². The fourth-order valence-corrected chi connectivity index (χ4v) is 3.30. The van der Waals surface area contributed by atoms with Gasteiger partial charge in [0, 0.05) is 24.2 Å². The third kappa shape index (κ3) is 6.15. The molecule has 0 aliphatic carbocycles. The predicted octanol–water partition coefficient (Wildman–Crippen LogP) is 4.29. The number of benzene rings is 1. The zero-order chi connectivity index (χ0) is 18.9. The summed E-state index contributed by atoms with van der Waals surface area (Å²) in [7, 11) is 0. The van der Waals surface area contributed by atoms with Crippen molar-refractivity contribution in [2.45, 2.75) is 40.0 Å². The maximum atomic E-state index is 12.4. The largest absolute Gasteiger partial charge is 0.342 e. The van der Waals surface area contributed by atoms with Crippen LogP contribution in [0.25, 0.3) is 0 Å². The number of nitrogens with one attached hydrogen (secondary N) is 2. The molecular weight excluding hydrogens is 348 g/mol. The van der Waals surface area contributed by atoms with Gasteiger partial charge in [-0.15, -0.1) is 11.3 Å². The molecule has 26 heavy (non-hydrogen) atoms. The Morgan fingerprint density at radius 1 is 1.15 bits per heavy atom. The lowest BCUT2D eigenvalue weighted by molar-refractivity contribution is -0.130. The topological polar surface area (TPSA) is 74.3 Å². The molecule has 1 aromatic carbocycles. The molecule has 0 aliphatic rings. The molecule has 0 radical (unpaired) electrons. The van der Waals surface area contributed by atoms with Crippen LogP contribution in [-0.4, -0.2) is 34.9 Å². The number of urea groups is 1. The molecule has 0 bridgehead atoms. The van der Waals surface area contributed by atoms with Gasteiger partial charge in [-0.05, 0) is 37.5 Å². The van der Waals surface area contributed by atoms with Gasteiger partial charge in [0.25, 0.3) is 0 Å². The van der Waals surface area contributed by atoms with Crippen molar-refractivity contribution in [2.24, 2.45) is 0 Å². The summed E-state index contributed by atoms with van der Waals surface area (Å²) >= 11 is 1.32. The lowest BCUT2D eigenvalue weighted by atomic mass is 10.2. The van der Waals surface area contributed by atoms with E-state index < -0.39 is 0 Å². The molecule has 0 spiro atoms. The highest BCUT2D eigenvalue weighted by molar-refractivity contribution is 7.14. The molecule has 2 aromatic rings. The summed E-state index contributed by atoms with van der Waals surface area (Å²) < 4.78 is 0. The lowest BCUT2D eigenvalue weighted by Crippen LogP contribution is -2.33. The van der Waals surface area contributed by atoms with E-state index in [-0.39, 0.29) is 18.4 Å². The number of aryl methyl sites for hydroxylation is 1. The van der Waals surface area contributed by atoms with Crippen molar-refractivity contribution in [3.05, 3.63) is 40.9 Å². The highest BCUT2D eigenvalue weighted by Crippen LogP contribution is 2.17. The van der Waals surface area contributed by atoms with Gasteiger partial charge in [-0.3, -0.25) is 10.1 Å². The van der Waals surface area contributed by atoms with E-state index in [9.17, 15) is 9.59 Å². The molecule has 0 fully saturated rings. The van der Waals surface area contributed by atoms with Crippen molar-refractivity contribution in [3.8, 4) is 0 Å². The minimum Gasteiger partial charge on any atom is -0.342 e. The van der Waals surface area contributed by atoms with Crippen molar-refractivity contribution in [3.63, 3.8) is 0 Å². The molecule has 0 saturated heterocycles. The molecule has 140 valence electrons. The Kier molecular flexibility index (Phi) is 7.59. The van der Waals surface area contributed by atoms with Crippen LogP contribution in [0.1, 0.15) is 37.9 Å². The first-order valence-electron chi connectivity index (χ1n) is 8.88. The van der Waals surface area contributed by atoms with E-state index in [1.54, 1.807) is 0 Å². The Labute approximate surface area is 158 Å². The second-order valence-electron chi connectivity index (χ2n) is 6.15. The van der Waals surface area contributed by atoms with Gasteiger partial charge < -0.3 is 10.2 Å². The molecule has 6 nitrogen and oxygen atoms in total. The molecule has 3 amide bonds. The van der Waals surface area contributed by atoms with E-state index in [1.807, 2.05) is 41.5 Å². The van der Waals surface area contributed by atoms with Gasteiger partial charge in [-0.25, -0.2) is 9.78 Å². The first kappa shape index (κ1) is 19.9. The van der Waals surface area contributed by atoms with Crippen LogP contribution in [0.3, 0.4) is 0 Å². The summed E-state index contributed by atoms with van der Waals surface area (Å²) in [4.78, 5) is 30.7. The highest BCUT2D eigenvalue weighted by atomic mass is 32.1. The second kappa shape index (κ2) is 9.91. The van der Waals surface area contributed by atoms with Gasteiger partial charge in [0.15, 0.2) is 5.13 Å². The van der Waals surface area contributed by atoms with E-state index in [4.69, 9.17) is 0 Å². The molecule has 1 heterocycles. The first-order chi connectivity index (χ1) is 12.5. The normalized spacial score (nSPS) is 10.4. The van der Waals surface area contributed by atoms with Gasteiger partial charge in [-0.1, -0.05) is 26.0 Å². The van der Waals surface area contributed by atoms with Crippen LogP contribution in [-0.2, 0) is 11.2 Å². The maximum Gasteiger partial charge on any atom is 0.325 e. The van der Waals surface area contributed by atoms with Crippen LogP contribution in [0.5, 0.6) is 0 Å². The fraction of sp³-hybridized carbons (Fsp3) is 0.421. The molecule has 7 heteroatoms. The van der Waals surface area contributed by atoms with Crippen LogP contribution in [0, 0.1) is 6.92 Å². The summed E-state index contributed by atoms with van der Waals surface area (Å²) in [6, 6.07) is 7.22. The third-order valence-electron chi connectivity index (χ3n) is 3.72. The molecule has 2 N–H and O–H groups in total. The summed E-state index contributed by atoms with van der Waals surface area (Å²) in [6.07, 6.45) is 2.14. The predicted molar refractivity (Wildman–Crippen MR) is 107 cm³/mol. The zero-order valence-electron chi connectivity index (χ0n) is 15.5. The second-order valence-corrected chi connectivity index (χ2v) is 7.01. The number of aromatic nitrogens is 1. The molecule has 0 atom stereocenters. The highest BCUT2D eigenvalue weighted by Gasteiger charge is 2.15. The Bertz CT molecular complexity index is 739. The van der Waals surface area contributed by atoms with E-state index in [2.05, 4.69) is 29.5 Å². The number of hydrogen-bond acceptors (Lipinski definition) is 4. The fourth-order valence-electron chi connectivity index (χ4n) is 2.60. The molecule has 2 rings (SSSR count). The average Bonchev–Trinajstić information content (AvgIpc) is 3.01. The molecule has 0 aliphatic heterocycles. The molecular formula is C19H26N4O2S. The summed E-state index contributed by atoms with van der Waals surface area (Å²) in [5, 5.41) is 7.79. The van der Waals surface area contributed by atoms with Gasteiger partial charge in [0.1, 0.15) is 0 Å². The Balaban J connectivity index is 1.90. The van der Waals surface area contributed by atoms with Crippen molar-refractivity contribution in [2.75, 3.05) is 23.7 Å². The number of carbonyl (C=O) groups excluding carboxylic acids is 2. The summed E-state index contributed by atoms with van der Waals surface area (Å²) in [6.45, 7) is 7.62. The van der Waals surface area contributed by atoms with Crippen molar-refractivity contribution in [1.29, 1.82) is 0 Å². The van der Waals surface area contributed by atoms with Crippen molar-refractivity contribution >= 4 is 34.1 Å². The minimum absolute atomic E-state index is 0.0785. The molecule has 1 aromatic heterocycles. The third-order valence-corrected chi connectivity index (χ3v) is 4.53. The van der Waals surface area contributed by atoms with E-state index >= 15 is 0 Å². The van der Waals surface area contributed by atoms with Crippen molar-refractivity contribution in [1.82, 2.24) is 9.88 Å². The lowest BCUT2D eigenvalue weighted by Gasteiger charge is -2.20. The molecule has 0 saturated carbocycles. The van der Waals surface area contributed by atoms with Crippen LogP contribution in [0.4, 0.5) is 15.6 Å². The number of rotatable bonds is 8. The average molecular weight is 375 g/mol. The van der Waals surface area contributed by atoms with E-state index in [1.165, 1.54) is 11.3 Å². The van der Waals surface area contributed by atoms with Gasteiger partial charge in [0.2, 0.25) is 5.91 Å². The standard InChI is InChI=1S/C19H26N4O2S/c1-4-9-23(10-5-2)17(24)12-16-13-26-19(21-16)22-18(25)20-15-8-6-7-14(3)11-15/h6-8,11,13H,4-5,9-10,12H2,1-3H3,(H2,20,21,22,25). The SMILES string of the molecule is CCCN(CCC)C(=O)Cc1csc(NC(=O)Nc2cccc(C)c2)n1. The summed E-state index contributed by atoms with van der Waals surface area (Å²) in [5.74, 6) is 0.0785. The van der Waals surface area contributed by atoms with Crippen LogP contribution < -0.4 is 10.6 Å². The van der Waals surface area contributed by atoms with Crippen molar-refractivity contribution < 1.29 is 9.59 Å². The Morgan fingerprint density at radius 2 is 1.88 bits per heavy atom. The van der Waals surface area contributed by atoms with Gasteiger partial charge >= 0.3 is 6.03 Å². The monoisotopic (exact) mass is 374 g/mol. The smallest absolute Gasteiger partial charge is 0.325 e. The number of carbonyl (C=O) groups is 2. The van der Waals surface area contributed by atoms with Crippen LogP contribution in [0.15, 0.2) is 29.6 Å². The minimum atomic E-state index is -0.346. The van der Waals surface area contributed by atoms with E-state index in [0.717, 1.165) is 37.2 Å². The number of anilines is 2. The van der Waals surface area contributed by atoms with Gasteiger partial charge in [-0.2, -0.15) is 0 Å². The number of nitrogens with zero attached hydrogens (tertiary/aromatic N) is 2. The maximum absolute atomic E-state index is 12.4. The van der Waals surface area contributed by atoms with Crippen LogP contribution in [0.2, 0.25) is 0 Å². The number of hydrogen-bond donors (Lipinski definition) is 2. The zero-order valence-corrected chi connectivity index (χ0v) is 16.4. The number of thiazole rings is 1. The Hall–Kier alpha value is -2.41.